The van der Waals surface area contributed by atoms with Crippen molar-refractivity contribution in [1.82, 2.24) is 4.90 Å². The number of halogens is 4. The Morgan fingerprint density at radius 1 is 1.10 bits per heavy atom. The van der Waals surface area contributed by atoms with E-state index < -0.39 is 39.2 Å². The summed E-state index contributed by atoms with van der Waals surface area (Å²) in [6.45, 7) is -0.622. The van der Waals surface area contributed by atoms with E-state index in [4.69, 9.17) is 11.6 Å². The molecule has 0 heterocycles. The van der Waals surface area contributed by atoms with Gasteiger partial charge in [0.1, 0.15) is 6.54 Å². The van der Waals surface area contributed by atoms with Crippen molar-refractivity contribution in [2.45, 2.75) is 42.8 Å². The minimum atomic E-state index is -4.78. The molecule has 31 heavy (non-hydrogen) atoms. The van der Waals surface area contributed by atoms with Gasteiger partial charge in [-0.15, -0.1) is 0 Å². The van der Waals surface area contributed by atoms with Gasteiger partial charge in [0.15, 0.2) is 0 Å². The Balaban J connectivity index is 2.04. The van der Waals surface area contributed by atoms with Crippen LogP contribution in [0.1, 0.15) is 31.2 Å². The van der Waals surface area contributed by atoms with Gasteiger partial charge < -0.3 is 4.90 Å². The van der Waals surface area contributed by atoms with Crippen LogP contribution in [0.2, 0.25) is 5.02 Å². The lowest BCUT2D eigenvalue weighted by Crippen LogP contribution is -2.44. The summed E-state index contributed by atoms with van der Waals surface area (Å²) in [5, 5.41) is -0.553. The maximum Gasteiger partial charge on any atom is 0.417 e. The molecule has 1 aliphatic carbocycles. The summed E-state index contributed by atoms with van der Waals surface area (Å²) in [5.74, 6) is -0.491. The van der Waals surface area contributed by atoms with Crippen LogP contribution in [0, 0.1) is 0 Å². The molecule has 0 saturated heterocycles. The zero-order chi connectivity index (χ0) is 22.8. The Morgan fingerprint density at radius 2 is 1.71 bits per heavy atom. The number of hydrogen-bond donors (Lipinski definition) is 0. The maximum atomic E-state index is 13.4. The molecular formula is C21H22ClF3N2O3S. The summed E-state index contributed by atoms with van der Waals surface area (Å²) in [7, 11) is -2.71. The van der Waals surface area contributed by atoms with Crippen molar-refractivity contribution in [3.63, 3.8) is 0 Å². The molecule has 1 amide bonds. The van der Waals surface area contributed by atoms with Crippen LogP contribution in [-0.2, 0) is 21.0 Å². The van der Waals surface area contributed by atoms with Crippen molar-refractivity contribution in [3.05, 3.63) is 59.1 Å². The van der Waals surface area contributed by atoms with Gasteiger partial charge in [-0.25, -0.2) is 8.42 Å². The van der Waals surface area contributed by atoms with E-state index in [2.05, 4.69) is 0 Å². The zero-order valence-electron chi connectivity index (χ0n) is 16.8. The molecule has 0 N–H and O–H groups in total. The second-order valence-corrected chi connectivity index (χ2v) is 9.70. The van der Waals surface area contributed by atoms with Crippen LogP contribution in [0.15, 0.2) is 53.4 Å². The second kappa shape index (κ2) is 9.08. The quantitative estimate of drug-likeness (QED) is 0.595. The van der Waals surface area contributed by atoms with Crippen molar-refractivity contribution in [1.29, 1.82) is 0 Å². The van der Waals surface area contributed by atoms with Gasteiger partial charge in [0.05, 0.1) is 21.2 Å². The first kappa shape index (κ1) is 23.4. The molecule has 5 nitrogen and oxygen atoms in total. The number of alkyl halides is 3. The number of sulfonamides is 1. The van der Waals surface area contributed by atoms with Gasteiger partial charge in [0, 0.05) is 13.1 Å². The molecule has 0 spiro atoms. The van der Waals surface area contributed by atoms with E-state index in [1.54, 1.807) is 13.1 Å². The van der Waals surface area contributed by atoms with Crippen molar-refractivity contribution < 1.29 is 26.4 Å². The Bertz CT molecular complexity index is 1040. The molecule has 1 saturated carbocycles. The van der Waals surface area contributed by atoms with Gasteiger partial charge in [-0.2, -0.15) is 13.2 Å². The third-order valence-corrected chi connectivity index (χ3v) is 7.54. The number of carbonyl (C=O) groups excluding carboxylic acids is 1. The highest BCUT2D eigenvalue weighted by Crippen LogP contribution is 2.38. The second-order valence-electron chi connectivity index (χ2n) is 7.43. The normalized spacial score (nSPS) is 15.1. The summed E-state index contributed by atoms with van der Waals surface area (Å²) >= 11 is 5.70. The lowest BCUT2D eigenvalue weighted by atomic mass is 10.2. The van der Waals surface area contributed by atoms with Crippen molar-refractivity contribution in [3.8, 4) is 0 Å². The molecule has 10 heteroatoms. The van der Waals surface area contributed by atoms with E-state index in [1.807, 2.05) is 0 Å². The van der Waals surface area contributed by atoms with E-state index in [0.717, 1.165) is 31.7 Å². The first-order valence-electron chi connectivity index (χ1n) is 9.72. The predicted octanol–water partition coefficient (Wildman–Crippen LogP) is 4.96. The molecule has 0 atom stereocenters. The van der Waals surface area contributed by atoms with Crippen LogP contribution in [0.3, 0.4) is 0 Å². The molecular weight excluding hydrogens is 453 g/mol. The number of amides is 1. The fraction of sp³-hybridized carbons (Fsp3) is 0.381. The lowest BCUT2D eigenvalue weighted by molar-refractivity contribution is -0.137. The topological polar surface area (TPSA) is 57.7 Å². The number of rotatable bonds is 6. The number of benzene rings is 2. The molecule has 3 rings (SSSR count). The number of carbonyl (C=O) groups is 1. The monoisotopic (exact) mass is 474 g/mol. The minimum Gasteiger partial charge on any atom is -0.341 e. The summed E-state index contributed by atoms with van der Waals surface area (Å²) in [5.41, 5.74) is -1.45. The van der Waals surface area contributed by atoms with Crippen molar-refractivity contribution in [2.75, 3.05) is 17.9 Å². The highest BCUT2D eigenvalue weighted by molar-refractivity contribution is 7.92. The van der Waals surface area contributed by atoms with Gasteiger partial charge in [-0.05, 0) is 43.2 Å². The van der Waals surface area contributed by atoms with Crippen LogP contribution in [0.25, 0.3) is 0 Å². The molecule has 0 aliphatic heterocycles. The Kier molecular flexibility index (Phi) is 6.85. The molecule has 1 aliphatic rings. The maximum absolute atomic E-state index is 13.4. The van der Waals surface area contributed by atoms with Gasteiger partial charge in [-0.1, -0.05) is 42.6 Å². The van der Waals surface area contributed by atoms with Gasteiger partial charge in [-0.3, -0.25) is 9.10 Å². The number of anilines is 1. The molecule has 168 valence electrons. The third-order valence-electron chi connectivity index (χ3n) is 5.42. The molecule has 0 radical (unpaired) electrons. The number of hydrogen-bond acceptors (Lipinski definition) is 3. The van der Waals surface area contributed by atoms with E-state index in [1.165, 1.54) is 35.2 Å². The number of likely N-dealkylation sites (N-methyl/N-ethyl adjacent to an activating group) is 1. The fourth-order valence-electron chi connectivity index (χ4n) is 3.65. The smallest absolute Gasteiger partial charge is 0.341 e. The van der Waals surface area contributed by atoms with Crippen LogP contribution < -0.4 is 4.31 Å². The van der Waals surface area contributed by atoms with E-state index in [0.29, 0.717) is 10.4 Å². The summed E-state index contributed by atoms with van der Waals surface area (Å²) in [4.78, 5) is 14.3. The Labute approximate surface area is 184 Å². The van der Waals surface area contributed by atoms with Gasteiger partial charge in [0.2, 0.25) is 5.91 Å². The Morgan fingerprint density at radius 3 is 2.29 bits per heavy atom. The average molecular weight is 475 g/mol. The summed E-state index contributed by atoms with van der Waals surface area (Å²) in [6, 6.07) is 10.1. The van der Waals surface area contributed by atoms with E-state index >= 15 is 0 Å². The molecule has 2 aromatic carbocycles. The van der Waals surface area contributed by atoms with Crippen LogP contribution in [0.4, 0.5) is 18.9 Å². The SMILES string of the molecule is CN(C(=O)CN(c1ccc(Cl)c(C(F)(F)F)c1)S(=O)(=O)c1ccccc1)C1CCCC1. The fourth-order valence-corrected chi connectivity index (χ4v) is 5.30. The van der Waals surface area contributed by atoms with Crippen LogP contribution >= 0.6 is 11.6 Å². The minimum absolute atomic E-state index is 0.00951. The third kappa shape index (κ3) is 5.15. The highest BCUT2D eigenvalue weighted by atomic mass is 35.5. The summed E-state index contributed by atoms with van der Waals surface area (Å²) < 4.78 is 67.4. The average Bonchev–Trinajstić information content (AvgIpc) is 3.26. The van der Waals surface area contributed by atoms with Crippen LogP contribution in [0.5, 0.6) is 0 Å². The van der Waals surface area contributed by atoms with E-state index in [9.17, 15) is 26.4 Å². The zero-order valence-corrected chi connectivity index (χ0v) is 18.3. The molecule has 1 fully saturated rings. The first-order valence-corrected chi connectivity index (χ1v) is 11.5. The largest absolute Gasteiger partial charge is 0.417 e. The van der Waals surface area contributed by atoms with Gasteiger partial charge in [0.25, 0.3) is 10.0 Å². The molecule has 0 bridgehead atoms. The van der Waals surface area contributed by atoms with Gasteiger partial charge >= 0.3 is 6.18 Å². The standard InChI is InChI=1S/C21H22ClF3N2O3S/c1-26(15-7-5-6-8-15)20(28)14-27(31(29,30)17-9-3-2-4-10-17)16-11-12-19(22)18(13-16)21(23,24)25/h2-4,9-13,15H,5-8,14H2,1H3. The molecule has 0 unspecified atom stereocenters. The predicted molar refractivity (Wildman–Crippen MR) is 112 cm³/mol. The van der Waals surface area contributed by atoms with Crippen LogP contribution in [-0.4, -0.2) is 38.9 Å². The number of nitrogens with zero attached hydrogens (tertiary/aromatic N) is 2. The molecule has 0 aromatic heterocycles. The Hall–Kier alpha value is -2.26. The van der Waals surface area contributed by atoms with Crippen molar-refractivity contribution >= 4 is 33.2 Å². The summed E-state index contributed by atoms with van der Waals surface area (Å²) in [6.07, 6.45) is -1.21. The van der Waals surface area contributed by atoms with Crippen molar-refractivity contribution in [2.24, 2.45) is 0 Å². The highest BCUT2D eigenvalue weighted by Gasteiger charge is 2.36. The first-order chi connectivity index (χ1) is 14.5. The lowest BCUT2D eigenvalue weighted by Gasteiger charge is -2.30. The van der Waals surface area contributed by atoms with E-state index in [-0.39, 0.29) is 16.6 Å². The molecule has 2 aromatic rings.